The number of aromatic nitrogens is 2. The molecule has 0 amide bonds. The van der Waals surface area contributed by atoms with Crippen LogP contribution in [0.15, 0.2) is 60.0 Å². The quantitative estimate of drug-likeness (QED) is 0.355. The van der Waals surface area contributed by atoms with Crippen LogP contribution in [0.5, 0.6) is 0 Å². The van der Waals surface area contributed by atoms with E-state index in [-0.39, 0.29) is 0 Å². The first kappa shape index (κ1) is 19.9. The maximum Gasteiger partial charge on any atom is 0.0946 e. The van der Waals surface area contributed by atoms with Crippen molar-refractivity contribution in [2.75, 3.05) is 0 Å². The molecule has 2 nitrogen and oxygen atoms in total. The largest absolute Gasteiger partial charge is 0.336 e. The molecule has 3 rings (SSSR count). The molecule has 0 spiro atoms. The van der Waals surface area contributed by atoms with Crippen LogP contribution in [-0.4, -0.2) is 14.8 Å². The van der Waals surface area contributed by atoms with Crippen LogP contribution in [0.25, 0.3) is 0 Å². The van der Waals surface area contributed by atoms with E-state index in [4.69, 9.17) is 46.4 Å². The van der Waals surface area contributed by atoms with Crippen LogP contribution in [0, 0.1) is 0 Å². The number of rotatable bonds is 7. The summed E-state index contributed by atoms with van der Waals surface area (Å²) >= 11 is 26.4. The van der Waals surface area contributed by atoms with Gasteiger partial charge in [0.05, 0.1) is 11.3 Å². The average Bonchev–Trinajstić information content (AvgIpc) is 3.09. The maximum atomic E-state index is 6.36. The Morgan fingerprint density at radius 2 is 1.69 bits per heavy atom. The molecule has 2 aromatic carbocycles. The number of hydrogen-bond donors (Lipinski definition) is 0. The first-order valence-corrected chi connectivity index (χ1v) is 10.4. The Labute approximate surface area is 177 Å². The number of halogens is 4. The van der Waals surface area contributed by atoms with E-state index >= 15 is 0 Å². The van der Waals surface area contributed by atoms with Gasteiger partial charge in [0.1, 0.15) is 0 Å². The SMILES string of the molecule is Clc1ccc(CCC(Cn2ccnc2)Sc2ccc(Cl)cc2Cl)c(Cl)c1. The van der Waals surface area contributed by atoms with Gasteiger partial charge in [-0.2, -0.15) is 0 Å². The Balaban J connectivity index is 1.74. The number of nitrogens with zero attached hydrogens (tertiary/aromatic N) is 2. The van der Waals surface area contributed by atoms with Gasteiger partial charge >= 0.3 is 0 Å². The lowest BCUT2D eigenvalue weighted by Gasteiger charge is -2.18. The van der Waals surface area contributed by atoms with E-state index in [0.717, 1.165) is 29.8 Å². The lowest BCUT2D eigenvalue weighted by Crippen LogP contribution is -2.13. The minimum Gasteiger partial charge on any atom is -0.336 e. The number of aryl methyl sites for hydroxylation is 1. The van der Waals surface area contributed by atoms with E-state index in [1.165, 1.54) is 0 Å². The molecule has 0 bridgehead atoms. The standard InChI is InChI=1S/C19H16Cl4N2S/c20-14-3-1-13(17(22)9-14)2-5-16(11-25-8-7-24-12-25)26-19-6-4-15(21)10-18(19)23/h1,3-4,6-10,12,16H,2,5,11H2. The summed E-state index contributed by atoms with van der Waals surface area (Å²) < 4.78 is 2.07. The Hall–Kier alpha value is -0.840. The van der Waals surface area contributed by atoms with Gasteiger partial charge < -0.3 is 4.57 Å². The maximum absolute atomic E-state index is 6.36. The summed E-state index contributed by atoms with van der Waals surface area (Å²) in [6.45, 7) is 0.828. The highest BCUT2D eigenvalue weighted by atomic mass is 35.5. The highest BCUT2D eigenvalue weighted by Gasteiger charge is 2.15. The van der Waals surface area contributed by atoms with Crippen molar-refractivity contribution < 1.29 is 0 Å². The zero-order chi connectivity index (χ0) is 18.5. The summed E-state index contributed by atoms with van der Waals surface area (Å²) in [4.78, 5) is 5.14. The zero-order valence-electron chi connectivity index (χ0n) is 13.7. The third kappa shape index (κ3) is 5.58. The van der Waals surface area contributed by atoms with Gasteiger partial charge in [0, 0.05) is 44.2 Å². The Kier molecular flexibility index (Phi) is 7.19. The van der Waals surface area contributed by atoms with Crippen LogP contribution in [0.2, 0.25) is 20.1 Å². The molecular formula is C19H16Cl4N2S. The molecule has 0 aliphatic heterocycles. The lowest BCUT2D eigenvalue weighted by molar-refractivity contribution is 0.624. The summed E-state index contributed by atoms with van der Waals surface area (Å²) in [5, 5.41) is 2.96. The molecule has 26 heavy (non-hydrogen) atoms. The summed E-state index contributed by atoms with van der Waals surface area (Å²) in [5.41, 5.74) is 1.09. The van der Waals surface area contributed by atoms with Gasteiger partial charge in [-0.3, -0.25) is 0 Å². The van der Waals surface area contributed by atoms with Crippen molar-refractivity contribution in [3.63, 3.8) is 0 Å². The van der Waals surface area contributed by atoms with E-state index in [2.05, 4.69) is 9.55 Å². The molecule has 1 aromatic heterocycles. The van der Waals surface area contributed by atoms with Crippen LogP contribution in [0.1, 0.15) is 12.0 Å². The molecule has 0 saturated heterocycles. The molecule has 0 aliphatic rings. The van der Waals surface area contributed by atoms with Crippen molar-refractivity contribution in [3.05, 3.63) is 80.8 Å². The zero-order valence-corrected chi connectivity index (χ0v) is 17.5. The van der Waals surface area contributed by atoms with Crippen molar-refractivity contribution >= 4 is 58.2 Å². The van der Waals surface area contributed by atoms with Crippen molar-refractivity contribution in [3.8, 4) is 0 Å². The molecule has 0 aliphatic carbocycles. The van der Waals surface area contributed by atoms with Crippen LogP contribution in [0.3, 0.4) is 0 Å². The second kappa shape index (κ2) is 9.38. The second-order valence-electron chi connectivity index (χ2n) is 5.85. The number of benzene rings is 2. The fraction of sp³-hybridized carbons (Fsp3) is 0.211. The van der Waals surface area contributed by atoms with Gasteiger partial charge in [-0.1, -0.05) is 52.5 Å². The van der Waals surface area contributed by atoms with Crippen LogP contribution in [0.4, 0.5) is 0 Å². The summed E-state index contributed by atoms with van der Waals surface area (Å²) in [7, 11) is 0. The summed E-state index contributed by atoms with van der Waals surface area (Å²) in [6, 6.07) is 11.2. The molecule has 136 valence electrons. The Morgan fingerprint density at radius 3 is 2.35 bits per heavy atom. The van der Waals surface area contributed by atoms with E-state index in [0.29, 0.717) is 25.3 Å². The Bertz CT molecular complexity index is 868. The molecule has 0 saturated carbocycles. The second-order valence-corrected chi connectivity index (χ2v) is 8.88. The van der Waals surface area contributed by atoms with Gasteiger partial charge in [0.2, 0.25) is 0 Å². The van der Waals surface area contributed by atoms with Crippen molar-refractivity contribution in [1.82, 2.24) is 9.55 Å². The fourth-order valence-electron chi connectivity index (χ4n) is 2.61. The smallest absolute Gasteiger partial charge is 0.0946 e. The van der Waals surface area contributed by atoms with Crippen LogP contribution < -0.4 is 0 Å². The van der Waals surface area contributed by atoms with E-state index < -0.39 is 0 Å². The molecule has 0 fully saturated rings. The molecule has 1 heterocycles. The molecular weight excluding hydrogens is 430 g/mol. The summed E-state index contributed by atoms with van der Waals surface area (Å²) in [6.07, 6.45) is 7.36. The molecule has 1 atom stereocenters. The van der Waals surface area contributed by atoms with Gasteiger partial charge in [-0.05, 0) is 48.7 Å². The predicted molar refractivity (Wildman–Crippen MR) is 113 cm³/mol. The molecule has 1 unspecified atom stereocenters. The lowest BCUT2D eigenvalue weighted by atomic mass is 10.1. The van der Waals surface area contributed by atoms with E-state index in [1.54, 1.807) is 30.1 Å². The van der Waals surface area contributed by atoms with Crippen LogP contribution >= 0.6 is 58.2 Å². The van der Waals surface area contributed by atoms with Crippen molar-refractivity contribution in [2.45, 2.75) is 29.5 Å². The van der Waals surface area contributed by atoms with Crippen molar-refractivity contribution in [1.29, 1.82) is 0 Å². The molecule has 0 radical (unpaired) electrons. The molecule has 0 N–H and O–H groups in total. The minimum atomic E-state index is 0.301. The minimum absolute atomic E-state index is 0.301. The summed E-state index contributed by atoms with van der Waals surface area (Å²) in [5.74, 6) is 0. The highest BCUT2D eigenvalue weighted by Crippen LogP contribution is 2.35. The first-order valence-electron chi connectivity index (χ1n) is 8.02. The van der Waals surface area contributed by atoms with Gasteiger partial charge in [0.15, 0.2) is 0 Å². The van der Waals surface area contributed by atoms with E-state index in [1.807, 2.05) is 36.8 Å². The first-order chi connectivity index (χ1) is 12.5. The van der Waals surface area contributed by atoms with E-state index in [9.17, 15) is 0 Å². The van der Waals surface area contributed by atoms with Crippen molar-refractivity contribution in [2.24, 2.45) is 0 Å². The fourth-order valence-corrected chi connectivity index (χ4v) is 4.81. The topological polar surface area (TPSA) is 17.8 Å². The van der Waals surface area contributed by atoms with Gasteiger partial charge in [-0.15, -0.1) is 11.8 Å². The number of thioether (sulfide) groups is 1. The highest BCUT2D eigenvalue weighted by molar-refractivity contribution is 8.00. The van der Waals surface area contributed by atoms with Gasteiger partial charge in [0.25, 0.3) is 0 Å². The normalized spacial score (nSPS) is 12.3. The molecule has 3 aromatic rings. The third-order valence-corrected chi connectivity index (χ3v) is 6.49. The van der Waals surface area contributed by atoms with Gasteiger partial charge in [-0.25, -0.2) is 4.98 Å². The average molecular weight is 446 g/mol. The third-order valence-electron chi connectivity index (χ3n) is 3.91. The van der Waals surface area contributed by atoms with Crippen LogP contribution in [-0.2, 0) is 13.0 Å². The predicted octanol–water partition coefficient (Wildman–Crippen LogP) is 7.29. The Morgan fingerprint density at radius 1 is 0.962 bits per heavy atom. The number of hydrogen-bond acceptors (Lipinski definition) is 2. The molecule has 7 heteroatoms. The number of imidazole rings is 1. The monoisotopic (exact) mass is 444 g/mol.